The molecule has 1 aromatic heterocycles. The predicted octanol–water partition coefficient (Wildman–Crippen LogP) is 3.20. The van der Waals surface area contributed by atoms with E-state index in [1.807, 2.05) is 0 Å². The summed E-state index contributed by atoms with van der Waals surface area (Å²) in [5.74, 6) is 0.531. The molecule has 0 spiro atoms. The molecule has 21 heavy (non-hydrogen) atoms. The molecule has 1 saturated carbocycles. The maximum absolute atomic E-state index is 12.4. The number of nitrogens with zero attached hydrogens (tertiary/aromatic N) is 1. The zero-order valence-corrected chi connectivity index (χ0v) is 14.5. The number of nitrogens with two attached hydrogens (primary N) is 1. The highest BCUT2D eigenvalue weighted by atomic mass is 79.9. The minimum absolute atomic E-state index is 0.174. The Morgan fingerprint density at radius 1 is 1.52 bits per heavy atom. The maximum atomic E-state index is 12.4. The van der Waals surface area contributed by atoms with Gasteiger partial charge in [0.2, 0.25) is 0 Å². The first-order valence-corrected chi connectivity index (χ1v) is 8.40. The summed E-state index contributed by atoms with van der Waals surface area (Å²) in [4.78, 5) is 16.8. The molecule has 2 rings (SSSR count). The highest BCUT2D eigenvalue weighted by Crippen LogP contribution is 2.34. The maximum Gasteiger partial charge on any atom is 0.253 e. The van der Waals surface area contributed by atoms with Crippen LogP contribution in [-0.2, 0) is 0 Å². The molecule has 0 radical (unpaired) electrons. The SMILES string of the molecule is CCC1CCC(NC(=O)c2cncc(Br)c2)(C(N)=S)CC1. The molecule has 0 saturated heterocycles. The first-order valence-electron chi connectivity index (χ1n) is 7.20. The fraction of sp³-hybridized carbons (Fsp3) is 0.533. The topological polar surface area (TPSA) is 68.0 Å². The number of hydrogen-bond acceptors (Lipinski definition) is 3. The van der Waals surface area contributed by atoms with Crippen molar-refractivity contribution in [2.24, 2.45) is 11.7 Å². The lowest BCUT2D eigenvalue weighted by molar-refractivity contribution is 0.0898. The largest absolute Gasteiger partial charge is 0.391 e. The third-order valence-electron chi connectivity index (χ3n) is 4.33. The van der Waals surface area contributed by atoms with Gasteiger partial charge in [0.15, 0.2) is 0 Å². The molecule has 1 aliphatic carbocycles. The second-order valence-corrected chi connectivity index (χ2v) is 7.00. The van der Waals surface area contributed by atoms with E-state index in [1.54, 1.807) is 18.5 Å². The first kappa shape index (κ1) is 16.4. The summed E-state index contributed by atoms with van der Waals surface area (Å²) in [5.41, 5.74) is 5.89. The van der Waals surface area contributed by atoms with Gasteiger partial charge in [-0.1, -0.05) is 25.6 Å². The molecule has 0 unspecified atom stereocenters. The average molecular weight is 370 g/mol. The van der Waals surface area contributed by atoms with Crippen LogP contribution in [0.3, 0.4) is 0 Å². The van der Waals surface area contributed by atoms with Crippen LogP contribution in [0.15, 0.2) is 22.9 Å². The number of carbonyl (C=O) groups excluding carboxylic acids is 1. The van der Waals surface area contributed by atoms with Gasteiger partial charge in [-0.05, 0) is 53.6 Å². The van der Waals surface area contributed by atoms with Crippen molar-refractivity contribution >= 4 is 39.0 Å². The molecule has 1 heterocycles. The van der Waals surface area contributed by atoms with Crippen molar-refractivity contribution in [2.75, 3.05) is 0 Å². The van der Waals surface area contributed by atoms with Crippen molar-refractivity contribution < 1.29 is 4.79 Å². The van der Waals surface area contributed by atoms with Gasteiger partial charge in [0.25, 0.3) is 5.91 Å². The summed E-state index contributed by atoms with van der Waals surface area (Å²) in [6.07, 6.45) is 8.08. The standard InChI is InChI=1S/C15H20BrN3OS/c1-2-10-3-5-15(6-4-10,14(17)21)19-13(20)11-7-12(16)9-18-8-11/h7-10H,2-6H2,1H3,(H2,17,21)(H,19,20). The van der Waals surface area contributed by atoms with Crippen LogP contribution < -0.4 is 11.1 Å². The smallest absolute Gasteiger partial charge is 0.253 e. The molecule has 6 heteroatoms. The lowest BCUT2D eigenvalue weighted by Crippen LogP contribution is -2.58. The molecule has 1 fully saturated rings. The molecule has 1 aliphatic rings. The summed E-state index contributed by atoms with van der Waals surface area (Å²) in [6, 6.07) is 1.74. The number of pyridine rings is 1. The average Bonchev–Trinajstić information content (AvgIpc) is 2.47. The van der Waals surface area contributed by atoms with E-state index in [1.165, 1.54) is 0 Å². The fourth-order valence-electron chi connectivity index (χ4n) is 2.84. The summed E-state index contributed by atoms with van der Waals surface area (Å²) in [6.45, 7) is 2.20. The minimum atomic E-state index is -0.555. The fourth-order valence-corrected chi connectivity index (χ4v) is 3.46. The summed E-state index contributed by atoms with van der Waals surface area (Å²) < 4.78 is 0.772. The Morgan fingerprint density at radius 3 is 2.71 bits per heavy atom. The van der Waals surface area contributed by atoms with Gasteiger partial charge in [0.1, 0.15) is 0 Å². The van der Waals surface area contributed by atoms with Crippen molar-refractivity contribution in [2.45, 2.75) is 44.6 Å². The Balaban J connectivity index is 2.14. The second kappa shape index (κ2) is 6.83. The monoisotopic (exact) mass is 369 g/mol. The summed E-state index contributed by atoms with van der Waals surface area (Å²) in [7, 11) is 0. The van der Waals surface area contributed by atoms with E-state index in [0.29, 0.717) is 16.5 Å². The van der Waals surface area contributed by atoms with Crippen molar-refractivity contribution in [3.05, 3.63) is 28.5 Å². The van der Waals surface area contributed by atoms with Gasteiger partial charge in [-0.2, -0.15) is 0 Å². The molecule has 114 valence electrons. The van der Waals surface area contributed by atoms with Crippen LogP contribution in [0.1, 0.15) is 49.4 Å². The van der Waals surface area contributed by atoms with E-state index in [2.05, 4.69) is 33.2 Å². The molecule has 1 aromatic rings. The van der Waals surface area contributed by atoms with Gasteiger partial charge >= 0.3 is 0 Å². The Labute approximate surface area is 139 Å². The highest BCUT2D eigenvalue weighted by molar-refractivity contribution is 9.10. The summed E-state index contributed by atoms with van der Waals surface area (Å²) in [5, 5.41) is 3.05. The molecule has 0 aromatic carbocycles. The summed E-state index contributed by atoms with van der Waals surface area (Å²) >= 11 is 8.56. The van der Waals surface area contributed by atoms with Crippen LogP contribution in [0.4, 0.5) is 0 Å². The van der Waals surface area contributed by atoms with Gasteiger partial charge in [0.05, 0.1) is 16.1 Å². The van der Waals surface area contributed by atoms with Gasteiger partial charge in [-0.15, -0.1) is 0 Å². The van der Waals surface area contributed by atoms with Gasteiger partial charge in [-0.3, -0.25) is 9.78 Å². The molecular weight excluding hydrogens is 350 g/mol. The van der Waals surface area contributed by atoms with Gasteiger partial charge < -0.3 is 11.1 Å². The zero-order chi connectivity index (χ0) is 15.5. The quantitative estimate of drug-likeness (QED) is 0.799. The molecular formula is C15H20BrN3OS. The van der Waals surface area contributed by atoms with Crippen LogP contribution in [0.25, 0.3) is 0 Å². The van der Waals surface area contributed by atoms with E-state index < -0.39 is 5.54 Å². The van der Waals surface area contributed by atoms with Crippen LogP contribution in [0.5, 0.6) is 0 Å². The molecule has 0 atom stereocenters. The Bertz CT molecular complexity index is 541. The molecule has 0 bridgehead atoms. The van der Waals surface area contributed by atoms with E-state index in [0.717, 1.165) is 36.6 Å². The lowest BCUT2D eigenvalue weighted by atomic mass is 9.75. The first-order chi connectivity index (χ1) is 9.97. The van der Waals surface area contributed by atoms with Crippen molar-refractivity contribution in [1.82, 2.24) is 10.3 Å². The number of halogens is 1. The second-order valence-electron chi connectivity index (χ2n) is 5.64. The van der Waals surface area contributed by atoms with E-state index in [4.69, 9.17) is 18.0 Å². The van der Waals surface area contributed by atoms with Crippen molar-refractivity contribution in [3.63, 3.8) is 0 Å². The lowest BCUT2D eigenvalue weighted by Gasteiger charge is -2.40. The predicted molar refractivity (Wildman–Crippen MR) is 91.2 cm³/mol. The van der Waals surface area contributed by atoms with Crippen LogP contribution in [0, 0.1) is 5.92 Å². The van der Waals surface area contributed by atoms with Crippen molar-refractivity contribution in [3.8, 4) is 0 Å². The van der Waals surface area contributed by atoms with Gasteiger partial charge in [-0.25, -0.2) is 0 Å². The highest BCUT2D eigenvalue weighted by Gasteiger charge is 2.39. The van der Waals surface area contributed by atoms with E-state index in [-0.39, 0.29) is 5.91 Å². The Hall–Kier alpha value is -1.01. The number of amides is 1. The third kappa shape index (κ3) is 3.80. The van der Waals surface area contributed by atoms with Gasteiger partial charge in [0, 0.05) is 16.9 Å². The zero-order valence-electron chi connectivity index (χ0n) is 12.1. The van der Waals surface area contributed by atoms with E-state index >= 15 is 0 Å². The molecule has 1 amide bonds. The van der Waals surface area contributed by atoms with E-state index in [9.17, 15) is 4.79 Å². The third-order valence-corrected chi connectivity index (χ3v) is 5.15. The number of nitrogens with one attached hydrogen (secondary N) is 1. The minimum Gasteiger partial charge on any atom is -0.391 e. The number of thiocarbonyl (C=S) groups is 1. The Morgan fingerprint density at radius 2 is 2.19 bits per heavy atom. The van der Waals surface area contributed by atoms with Crippen LogP contribution >= 0.6 is 28.1 Å². The van der Waals surface area contributed by atoms with Crippen LogP contribution in [0.2, 0.25) is 0 Å². The number of hydrogen-bond donors (Lipinski definition) is 2. The molecule has 3 N–H and O–H groups in total. The number of carbonyl (C=O) groups is 1. The number of rotatable bonds is 4. The molecule has 4 nitrogen and oxygen atoms in total. The van der Waals surface area contributed by atoms with Crippen LogP contribution in [-0.4, -0.2) is 21.4 Å². The van der Waals surface area contributed by atoms with Crippen molar-refractivity contribution in [1.29, 1.82) is 0 Å². The normalized spacial score (nSPS) is 25.3. The Kier molecular flexibility index (Phi) is 5.32. The number of aromatic nitrogens is 1. The molecule has 0 aliphatic heterocycles.